The molecule has 168 valence electrons. The third-order valence-electron chi connectivity index (χ3n) is 5.73. The summed E-state index contributed by atoms with van der Waals surface area (Å²) in [4.78, 5) is 13.1. The first-order valence-electron chi connectivity index (χ1n) is 11.3. The van der Waals surface area contributed by atoms with E-state index in [0.29, 0.717) is 13.0 Å². The number of alkyl carbamates (subject to hydrolysis) is 1. The number of ether oxygens (including phenoxy) is 1. The van der Waals surface area contributed by atoms with Gasteiger partial charge in [-0.1, -0.05) is 110 Å². The summed E-state index contributed by atoms with van der Waals surface area (Å²) in [6, 6.07) is 28.1. The minimum absolute atomic E-state index is 0.373. The number of amides is 1. The summed E-state index contributed by atoms with van der Waals surface area (Å²) in [5.74, 6) is 0. The zero-order valence-corrected chi connectivity index (χ0v) is 20.9. The highest BCUT2D eigenvalue weighted by molar-refractivity contribution is 6.76. The van der Waals surface area contributed by atoms with Crippen molar-refractivity contribution in [2.45, 2.75) is 51.5 Å². The molecule has 0 bridgehead atoms. The highest BCUT2D eigenvalue weighted by atomic mass is 28.3. The fraction of sp³-hybridized carbons (Fsp3) is 0.321. The van der Waals surface area contributed by atoms with Gasteiger partial charge in [0.25, 0.3) is 0 Å². The van der Waals surface area contributed by atoms with Crippen LogP contribution in [0.3, 0.4) is 0 Å². The third kappa shape index (κ3) is 6.33. The Morgan fingerprint density at radius 3 is 1.91 bits per heavy atom. The van der Waals surface area contributed by atoms with E-state index in [4.69, 9.17) is 4.74 Å². The summed E-state index contributed by atoms with van der Waals surface area (Å²) < 4.78 is 5.70. The van der Waals surface area contributed by atoms with E-state index < -0.39 is 13.6 Å². The number of aryl methyl sites for hydroxylation is 2. The number of carbonyl (C=O) groups excluding carboxylic acids is 1. The lowest BCUT2D eigenvalue weighted by atomic mass is 9.77. The molecule has 0 aliphatic carbocycles. The number of benzene rings is 3. The molecule has 0 aliphatic rings. The van der Waals surface area contributed by atoms with E-state index in [1.807, 2.05) is 18.2 Å². The number of carbonyl (C=O) groups is 1. The van der Waals surface area contributed by atoms with Gasteiger partial charge in [0.15, 0.2) is 0 Å². The SMILES string of the molecule is Cc1cccc(C(Cc2ccccc2)(NC(=O)OCC[Si](C)(C)C)c2cccc(C)c2)c1. The van der Waals surface area contributed by atoms with Gasteiger partial charge < -0.3 is 10.1 Å². The Hall–Kier alpha value is -2.85. The molecule has 0 aliphatic heterocycles. The number of hydrogen-bond donors (Lipinski definition) is 1. The Kier molecular flexibility index (Phi) is 7.57. The molecule has 3 rings (SSSR count). The number of hydrogen-bond acceptors (Lipinski definition) is 2. The molecule has 4 heteroatoms. The first kappa shape index (κ1) is 23.8. The molecule has 0 radical (unpaired) electrons. The zero-order valence-electron chi connectivity index (χ0n) is 19.9. The Bertz CT molecular complexity index is 995. The van der Waals surface area contributed by atoms with E-state index in [1.165, 1.54) is 0 Å². The van der Waals surface area contributed by atoms with E-state index >= 15 is 0 Å². The van der Waals surface area contributed by atoms with Crippen molar-refractivity contribution in [1.29, 1.82) is 0 Å². The smallest absolute Gasteiger partial charge is 0.408 e. The molecule has 0 saturated carbocycles. The Labute approximate surface area is 193 Å². The van der Waals surface area contributed by atoms with Crippen LogP contribution in [0.5, 0.6) is 0 Å². The van der Waals surface area contributed by atoms with Gasteiger partial charge in [-0.15, -0.1) is 0 Å². The molecule has 0 spiro atoms. The summed E-state index contributed by atoms with van der Waals surface area (Å²) in [5, 5.41) is 3.31. The Morgan fingerprint density at radius 2 is 1.41 bits per heavy atom. The molecule has 3 nitrogen and oxygen atoms in total. The summed E-state index contributed by atoms with van der Waals surface area (Å²) in [7, 11) is -1.29. The van der Waals surface area contributed by atoms with E-state index in [9.17, 15) is 4.79 Å². The predicted octanol–water partition coefficient (Wildman–Crippen LogP) is 6.85. The highest BCUT2D eigenvalue weighted by Crippen LogP contribution is 2.35. The first-order valence-corrected chi connectivity index (χ1v) is 15.0. The molecule has 1 N–H and O–H groups in total. The molecule has 0 atom stereocenters. The van der Waals surface area contributed by atoms with Crippen LogP contribution < -0.4 is 5.32 Å². The van der Waals surface area contributed by atoms with Crippen molar-refractivity contribution in [2.75, 3.05) is 6.61 Å². The van der Waals surface area contributed by atoms with Gasteiger partial charge in [0, 0.05) is 14.5 Å². The van der Waals surface area contributed by atoms with Gasteiger partial charge in [-0.2, -0.15) is 0 Å². The molecule has 32 heavy (non-hydrogen) atoms. The largest absolute Gasteiger partial charge is 0.450 e. The first-order chi connectivity index (χ1) is 15.2. The maximum Gasteiger partial charge on any atom is 0.408 e. The Morgan fingerprint density at radius 1 is 0.844 bits per heavy atom. The second kappa shape index (κ2) is 10.2. The molecule has 0 unspecified atom stereocenters. The van der Waals surface area contributed by atoms with Crippen molar-refractivity contribution in [1.82, 2.24) is 5.32 Å². The fourth-order valence-corrected chi connectivity index (χ4v) is 4.66. The van der Waals surface area contributed by atoms with E-state index in [-0.39, 0.29) is 6.09 Å². The maximum absolute atomic E-state index is 13.1. The van der Waals surface area contributed by atoms with Gasteiger partial charge in [0.05, 0.1) is 12.1 Å². The minimum Gasteiger partial charge on any atom is -0.450 e. The lowest BCUT2D eigenvalue weighted by Gasteiger charge is -2.36. The topological polar surface area (TPSA) is 38.3 Å². The van der Waals surface area contributed by atoms with Crippen LogP contribution in [0.2, 0.25) is 25.7 Å². The standard InChI is InChI=1S/C28H35NO2Si/c1-22-11-9-15-25(19-22)28(21-24-13-7-6-8-14-24,26-16-10-12-23(2)20-26)29-27(30)31-17-18-32(3,4)5/h6-16,19-20H,17-18,21H2,1-5H3,(H,29,30). The number of nitrogens with one attached hydrogen (secondary N) is 1. The molecule has 3 aromatic rings. The molecule has 3 aromatic carbocycles. The normalized spacial score (nSPS) is 11.8. The van der Waals surface area contributed by atoms with Crippen LogP contribution in [-0.2, 0) is 16.7 Å². The molecular formula is C28H35NO2Si. The van der Waals surface area contributed by atoms with E-state index in [1.54, 1.807) is 0 Å². The lowest BCUT2D eigenvalue weighted by Crippen LogP contribution is -2.49. The highest BCUT2D eigenvalue weighted by Gasteiger charge is 2.37. The molecule has 0 saturated heterocycles. The Balaban J connectivity index is 2.07. The van der Waals surface area contributed by atoms with Gasteiger partial charge in [0.1, 0.15) is 0 Å². The average molecular weight is 446 g/mol. The maximum atomic E-state index is 13.1. The third-order valence-corrected chi connectivity index (χ3v) is 7.44. The zero-order chi connectivity index (χ0) is 23.2. The summed E-state index contributed by atoms with van der Waals surface area (Å²) in [5.41, 5.74) is 4.82. The molecule has 0 heterocycles. The van der Waals surface area contributed by atoms with Gasteiger partial charge in [-0.25, -0.2) is 4.79 Å². The van der Waals surface area contributed by atoms with Gasteiger partial charge in [-0.05, 0) is 36.6 Å². The number of rotatable bonds is 8. The van der Waals surface area contributed by atoms with E-state index in [0.717, 1.165) is 33.9 Å². The summed E-state index contributed by atoms with van der Waals surface area (Å²) in [6.45, 7) is 11.5. The molecular weight excluding hydrogens is 410 g/mol. The fourth-order valence-electron chi connectivity index (χ4n) is 3.94. The predicted molar refractivity (Wildman–Crippen MR) is 136 cm³/mol. The summed E-state index contributed by atoms with van der Waals surface area (Å²) >= 11 is 0. The average Bonchev–Trinajstić information content (AvgIpc) is 2.73. The quantitative estimate of drug-likeness (QED) is 0.385. The van der Waals surface area contributed by atoms with Crippen molar-refractivity contribution in [3.63, 3.8) is 0 Å². The van der Waals surface area contributed by atoms with Crippen LogP contribution in [0, 0.1) is 13.8 Å². The monoisotopic (exact) mass is 445 g/mol. The van der Waals surface area contributed by atoms with Crippen LogP contribution in [0.1, 0.15) is 27.8 Å². The lowest BCUT2D eigenvalue weighted by molar-refractivity contribution is 0.141. The molecule has 1 amide bonds. The van der Waals surface area contributed by atoms with Crippen LogP contribution >= 0.6 is 0 Å². The van der Waals surface area contributed by atoms with Crippen molar-refractivity contribution >= 4 is 14.2 Å². The van der Waals surface area contributed by atoms with Crippen LogP contribution in [0.15, 0.2) is 78.9 Å². The second-order valence-electron chi connectivity index (χ2n) is 9.88. The van der Waals surface area contributed by atoms with Gasteiger partial charge >= 0.3 is 6.09 Å². The van der Waals surface area contributed by atoms with Crippen molar-refractivity contribution in [3.05, 3.63) is 107 Å². The molecule has 0 fully saturated rings. The second-order valence-corrected chi connectivity index (χ2v) is 15.5. The van der Waals surface area contributed by atoms with Crippen LogP contribution in [0.25, 0.3) is 0 Å². The van der Waals surface area contributed by atoms with Crippen LogP contribution in [-0.4, -0.2) is 20.8 Å². The van der Waals surface area contributed by atoms with Crippen molar-refractivity contribution in [3.8, 4) is 0 Å². The van der Waals surface area contributed by atoms with Crippen LogP contribution in [0.4, 0.5) is 4.79 Å². The van der Waals surface area contributed by atoms with Gasteiger partial charge in [-0.3, -0.25) is 0 Å². The van der Waals surface area contributed by atoms with Crippen molar-refractivity contribution in [2.24, 2.45) is 0 Å². The van der Waals surface area contributed by atoms with Crippen molar-refractivity contribution < 1.29 is 9.53 Å². The minimum atomic E-state index is -1.29. The van der Waals surface area contributed by atoms with Gasteiger partial charge in [0.2, 0.25) is 0 Å². The molecule has 0 aromatic heterocycles. The van der Waals surface area contributed by atoms with E-state index in [2.05, 4.69) is 99.5 Å². The summed E-state index contributed by atoms with van der Waals surface area (Å²) in [6.07, 6.45) is 0.256.